The van der Waals surface area contributed by atoms with Gasteiger partial charge in [-0.3, -0.25) is 4.79 Å². The molecule has 1 aromatic carbocycles. The maximum atomic E-state index is 11.6. The van der Waals surface area contributed by atoms with Crippen LogP contribution in [0, 0.1) is 0 Å². The number of rotatable bonds is 5. The minimum absolute atomic E-state index is 0.410. The molecule has 0 bridgehead atoms. The molecule has 0 spiro atoms. The van der Waals surface area contributed by atoms with E-state index in [4.69, 9.17) is 17.3 Å². The zero-order chi connectivity index (χ0) is 14.5. The van der Waals surface area contributed by atoms with Crippen LogP contribution in [0.5, 0.6) is 0 Å². The van der Waals surface area contributed by atoms with Crippen LogP contribution >= 0.6 is 11.6 Å². The highest BCUT2D eigenvalue weighted by Gasteiger charge is 2.19. The van der Waals surface area contributed by atoms with Crippen LogP contribution in [0.2, 0.25) is 5.02 Å². The molecule has 1 aliphatic rings. The quantitative estimate of drug-likeness (QED) is 0.877. The lowest BCUT2D eigenvalue weighted by Crippen LogP contribution is -2.44. The third kappa shape index (κ3) is 3.64. The largest absolute Gasteiger partial charge is 0.370 e. The number of piperidine rings is 1. The molecule has 3 N–H and O–H groups in total. The van der Waals surface area contributed by atoms with Gasteiger partial charge in [-0.15, -0.1) is 0 Å². The first-order chi connectivity index (χ1) is 9.61. The van der Waals surface area contributed by atoms with Crippen molar-refractivity contribution in [2.75, 3.05) is 24.5 Å². The van der Waals surface area contributed by atoms with E-state index in [0.29, 0.717) is 16.6 Å². The Balaban J connectivity index is 2.21. The Kier molecular flexibility index (Phi) is 5.26. The van der Waals surface area contributed by atoms with Gasteiger partial charge in [0.25, 0.3) is 5.91 Å². The zero-order valence-corrected chi connectivity index (χ0v) is 12.6. The number of nitrogens with zero attached hydrogens (tertiary/aromatic N) is 1. The summed E-state index contributed by atoms with van der Waals surface area (Å²) < 4.78 is 0. The minimum Gasteiger partial charge on any atom is -0.370 e. The van der Waals surface area contributed by atoms with Crippen molar-refractivity contribution in [1.82, 2.24) is 5.32 Å². The Labute approximate surface area is 125 Å². The first kappa shape index (κ1) is 15.1. The van der Waals surface area contributed by atoms with E-state index in [1.165, 1.54) is 19.3 Å². The molecule has 1 aliphatic heterocycles. The highest BCUT2D eigenvalue weighted by atomic mass is 35.5. The van der Waals surface area contributed by atoms with Crippen LogP contribution in [0.15, 0.2) is 18.2 Å². The summed E-state index contributed by atoms with van der Waals surface area (Å²) in [5, 5.41) is 4.15. The molecule has 1 saturated heterocycles. The van der Waals surface area contributed by atoms with Crippen molar-refractivity contribution in [3.05, 3.63) is 28.8 Å². The van der Waals surface area contributed by atoms with Crippen LogP contribution in [0.1, 0.15) is 36.5 Å². The molecule has 0 aliphatic carbocycles. The Bertz CT molecular complexity index is 472. The van der Waals surface area contributed by atoms with Crippen molar-refractivity contribution in [1.29, 1.82) is 0 Å². The first-order valence-corrected chi connectivity index (χ1v) is 7.57. The zero-order valence-electron chi connectivity index (χ0n) is 11.9. The number of halogens is 1. The first-order valence-electron chi connectivity index (χ1n) is 7.19. The third-order valence-electron chi connectivity index (χ3n) is 3.80. The lowest BCUT2D eigenvalue weighted by atomic mass is 10.0. The van der Waals surface area contributed by atoms with E-state index >= 15 is 0 Å². The molecule has 2 rings (SSSR count). The molecule has 4 nitrogen and oxygen atoms in total. The van der Waals surface area contributed by atoms with E-state index in [2.05, 4.69) is 17.1 Å². The molecule has 1 aromatic rings. The summed E-state index contributed by atoms with van der Waals surface area (Å²) >= 11 is 6.07. The maximum absolute atomic E-state index is 11.6. The second-order valence-corrected chi connectivity index (χ2v) is 5.65. The van der Waals surface area contributed by atoms with Crippen LogP contribution in [-0.4, -0.2) is 31.6 Å². The number of amides is 1. The number of nitrogens with one attached hydrogen (secondary N) is 1. The van der Waals surface area contributed by atoms with E-state index < -0.39 is 5.91 Å². The number of carbonyl (C=O) groups is 1. The van der Waals surface area contributed by atoms with Gasteiger partial charge in [-0.25, -0.2) is 0 Å². The van der Waals surface area contributed by atoms with Gasteiger partial charge in [-0.05, 0) is 44.5 Å². The predicted octanol–water partition coefficient (Wildman–Crippen LogP) is 2.41. The average Bonchev–Trinajstić information content (AvgIpc) is 2.45. The molecule has 1 atom stereocenters. The monoisotopic (exact) mass is 295 g/mol. The Morgan fingerprint density at radius 3 is 2.90 bits per heavy atom. The molecule has 1 heterocycles. The van der Waals surface area contributed by atoms with Crippen LogP contribution in [0.3, 0.4) is 0 Å². The summed E-state index contributed by atoms with van der Waals surface area (Å²) in [6.07, 6.45) is 3.67. The lowest BCUT2D eigenvalue weighted by molar-refractivity contribution is 0.100. The van der Waals surface area contributed by atoms with E-state index in [-0.39, 0.29) is 0 Å². The number of anilines is 1. The van der Waals surface area contributed by atoms with Crippen LogP contribution in [0.25, 0.3) is 0 Å². The van der Waals surface area contributed by atoms with Gasteiger partial charge < -0.3 is 16.0 Å². The van der Waals surface area contributed by atoms with E-state index in [1.807, 2.05) is 6.07 Å². The van der Waals surface area contributed by atoms with Gasteiger partial charge in [0.05, 0.1) is 11.3 Å². The molecule has 20 heavy (non-hydrogen) atoms. The predicted molar refractivity (Wildman–Crippen MR) is 83.5 cm³/mol. The van der Waals surface area contributed by atoms with E-state index in [9.17, 15) is 4.79 Å². The summed E-state index contributed by atoms with van der Waals surface area (Å²) in [5.41, 5.74) is 6.83. The molecule has 0 radical (unpaired) electrons. The van der Waals surface area contributed by atoms with E-state index in [0.717, 1.165) is 25.3 Å². The van der Waals surface area contributed by atoms with Crippen LogP contribution in [0.4, 0.5) is 5.69 Å². The highest BCUT2D eigenvalue weighted by Crippen LogP contribution is 2.25. The fourth-order valence-corrected chi connectivity index (χ4v) is 2.88. The van der Waals surface area contributed by atoms with Crippen molar-refractivity contribution in [2.45, 2.75) is 32.2 Å². The highest BCUT2D eigenvalue weighted by molar-refractivity contribution is 6.31. The molecule has 1 amide bonds. The van der Waals surface area contributed by atoms with Crippen molar-refractivity contribution >= 4 is 23.2 Å². The maximum Gasteiger partial charge on any atom is 0.250 e. The smallest absolute Gasteiger partial charge is 0.250 e. The van der Waals surface area contributed by atoms with E-state index in [1.54, 1.807) is 12.1 Å². The number of benzene rings is 1. The number of likely N-dealkylation sites (N-methyl/N-ethyl adjacent to an activating group) is 1. The fraction of sp³-hybridized carbons (Fsp3) is 0.533. The van der Waals surface area contributed by atoms with Gasteiger partial charge in [0.15, 0.2) is 0 Å². The minimum atomic E-state index is -0.410. The average molecular weight is 296 g/mol. The topological polar surface area (TPSA) is 58.4 Å². The van der Waals surface area contributed by atoms with Crippen molar-refractivity contribution in [3.8, 4) is 0 Å². The van der Waals surface area contributed by atoms with Crippen LogP contribution < -0.4 is 16.0 Å². The number of nitrogens with two attached hydrogens (primary N) is 1. The molecular formula is C15H22ClN3O. The molecule has 1 fully saturated rings. The lowest BCUT2D eigenvalue weighted by Gasteiger charge is -2.32. The number of carbonyl (C=O) groups excluding carboxylic acids is 1. The number of primary amides is 1. The Morgan fingerprint density at radius 2 is 2.30 bits per heavy atom. The second-order valence-electron chi connectivity index (χ2n) is 5.21. The standard InChI is InChI=1S/C15H22ClN3O/c1-2-19(10-12-5-3-4-8-18-12)14-9-11(16)6-7-13(14)15(17)20/h6-7,9,12,18H,2-5,8,10H2,1H3,(H2,17,20). The number of hydrogen-bond acceptors (Lipinski definition) is 3. The van der Waals surface area contributed by atoms with Crippen molar-refractivity contribution < 1.29 is 4.79 Å². The summed E-state index contributed by atoms with van der Waals surface area (Å²) in [6.45, 7) is 4.84. The van der Waals surface area contributed by atoms with Crippen molar-refractivity contribution in [3.63, 3.8) is 0 Å². The van der Waals surface area contributed by atoms with Gasteiger partial charge >= 0.3 is 0 Å². The Hall–Kier alpha value is -1.26. The summed E-state index contributed by atoms with van der Waals surface area (Å²) in [6, 6.07) is 5.70. The summed E-state index contributed by atoms with van der Waals surface area (Å²) in [5.74, 6) is -0.410. The molecule has 5 heteroatoms. The summed E-state index contributed by atoms with van der Waals surface area (Å²) in [4.78, 5) is 13.8. The molecular weight excluding hydrogens is 274 g/mol. The van der Waals surface area contributed by atoms with Gasteiger partial charge in [0, 0.05) is 24.2 Å². The molecule has 0 saturated carbocycles. The van der Waals surface area contributed by atoms with Gasteiger partial charge in [-0.1, -0.05) is 18.0 Å². The summed E-state index contributed by atoms with van der Waals surface area (Å²) in [7, 11) is 0. The normalized spacial score (nSPS) is 18.8. The number of hydrogen-bond donors (Lipinski definition) is 2. The molecule has 110 valence electrons. The Morgan fingerprint density at radius 1 is 1.50 bits per heavy atom. The van der Waals surface area contributed by atoms with Gasteiger partial charge in [0.2, 0.25) is 0 Å². The molecule has 0 aromatic heterocycles. The second kappa shape index (κ2) is 6.95. The van der Waals surface area contributed by atoms with Crippen LogP contribution in [-0.2, 0) is 0 Å². The fourth-order valence-electron chi connectivity index (χ4n) is 2.72. The van der Waals surface area contributed by atoms with Crippen molar-refractivity contribution in [2.24, 2.45) is 5.73 Å². The third-order valence-corrected chi connectivity index (χ3v) is 4.04. The van der Waals surface area contributed by atoms with Gasteiger partial charge in [-0.2, -0.15) is 0 Å². The molecule has 1 unspecified atom stereocenters. The van der Waals surface area contributed by atoms with Gasteiger partial charge in [0.1, 0.15) is 0 Å². The SMILES string of the molecule is CCN(CC1CCCCN1)c1cc(Cl)ccc1C(N)=O.